The van der Waals surface area contributed by atoms with Crippen LogP contribution in [0, 0.1) is 11.3 Å². The van der Waals surface area contributed by atoms with Crippen LogP contribution in [-0.2, 0) is 11.3 Å². The number of hydrogen-bond donors (Lipinski definition) is 1. The second-order valence-corrected chi connectivity index (χ2v) is 4.45. The van der Waals surface area contributed by atoms with E-state index < -0.39 is 24.5 Å². The Morgan fingerprint density at radius 3 is 2.64 bits per heavy atom. The summed E-state index contributed by atoms with van der Waals surface area (Å²) < 4.78 is 38.2. The van der Waals surface area contributed by atoms with Crippen LogP contribution in [-0.4, -0.2) is 21.6 Å². The molecule has 1 aromatic heterocycles. The fourth-order valence-electron chi connectivity index (χ4n) is 1.88. The zero-order valence-corrected chi connectivity index (χ0v) is 11.2. The van der Waals surface area contributed by atoms with Gasteiger partial charge in [-0.15, -0.1) is 0 Å². The van der Waals surface area contributed by atoms with Gasteiger partial charge in [-0.2, -0.15) is 18.4 Å². The number of nitrogens with one attached hydrogen (secondary N) is 1. The number of halogens is 3. The average Bonchev–Trinajstić information content (AvgIpc) is 2.87. The molecule has 1 atom stereocenters. The summed E-state index contributed by atoms with van der Waals surface area (Å²) in [6, 6.07) is 10.0. The molecular weight excluding hydrogens is 297 g/mol. The fraction of sp³-hybridized carbons (Fsp3) is 0.214. The molecule has 22 heavy (non-hydrogen) atoms. The molecule has 0 saturated heterocycles. The van der Waals surface area contributed by atoms with Crippen molar-refractivity contribution in [3.05, 3.63) is 48.5 Å². The van der Waals surface area contributed by atoms with Gasteiger partial charge in [-0.25, -0.2) is 4.98 Å². The molecule has 1 N–H and O–H groups in total. The van der Waals surface area contributed by atoms with Crippen molar-refractivity contribution in [2.24, 2.45) is 0 Å². The zero-order chi connectivity index (χ0) is 16.2. The number of imidazole rings is 1. The Morgan fingerprint density at radius 1 is 1.36 bits per heavy atom. The van der Waals surface area contributed by atoms with Crippen LogP contribution in [0.5, 0.6) is 0 Å². The van der Waals surface area contributed by atoms with Gasteiger partial charge >= 0.3 is 6.18 Å². The summed E-state index contributed by atoms with van der Waals surface area (Å²) in [7, 11) is 0. The van der Waals surface area contributed by atoms with E-state index in [1.165, 1.54) is 0 Å². The predicted octanol–water partition coefficient (Wildman–Crippen LogP) is 2.69. The predicted molar refractivity (Wildman–Crippen MR) is 71.7 cm³/mol. The molecule has 1 amide bonds. The number of alkyl halides is 3. The van der Waals surface area contributed by atoms with Crippen LogP contribution in [0.15, 0.2) is 42.7 Å². The molecule has 0 aliphatic heterocycles. The number of carbonyl (C=O) groups excluding carboxylic acids is 1. The molecule has 1 aromatic carbocycles. The second-order valence-electron chi connectivity index (χ2n) is 4.45. The van der Waals surface area contributed by atoms with Crippen LogP contribution in [0.3, 0.4) is 0 Å². The van der Waals surface area contributed by atoms with E-state index in [0.717, 1.165) is 17.0 Å². The van der Waals surface area contributed by atoms with E-state index in [9.17, 15) is 18.0 Å². The number of carbonyl (C=O) groups is 1. The van der Waals surface area contributed by atoms with E-state index in [0.29, 0.717) is 5.69 Å². The maximum atomic E-state index is 12.5. The van der Waals surface area contributed by atoms with E-state index in [4.69, 9.17) is 5.26 Å². The summed E-state index contributed by atoms with van der Waals surface area (Å²) >= 11 is 0. The highest BCUT2D eigenvalue weighted by Gasteiger charge is 2.32. The van der Waals surface area contributed by atoms with Gasteiger partial charge in [0.1, 0.15) is 12.4 Å². The highest BCUT2D eigenvalue weighted by molar-refractivity contribution is 5.97. The number of anilines is 1. The Labute approximate surface area is 124 Å². The van der Waals surface area contributed by atoms with Gasteiger partial charge < -0.3 is 9.88 Å². The van der Waals surface area contributed by atoms with Gasteiger partial charge in [0.2, 0.25) is 5.91 Å². The minimum Gasteiger partial charge on any atom is -0.325 e. The third kappa shape index (κ3) is 3.85. The number of amides is 1. The van der Waals surface area contributed by atoms with Gasteiger partial charge in [-0.3, -0.25) is 4.79 Å². The first kappa shape index (κ1) is 15.6. The van der Waals surface area contributed by atoms with Gasteiger partial charge in [0.15, 0.2) is 5.92 Å². The lowest BCUT2D eigenvalue weighted by atomic mass is 10.1. The highest BCUT2D eigenvalue weighted by atomic mass is 19.4. The van der Waals surface area contributed by atoms with Crippen molar-refractivity contribution in [1.29, 1.82) is 5.26 Å². The van der Waals surface area contributed by atoms with Crippen molar-refractivity contribution >= 4 is 11.6 Å². The molecule has 8 heteroatoms. The Morgan fingerprint density at radius 2 is 2.05 bits per heavy atom. The Bertz CT molecular complexity index is 688. The molecule has 0 aliphatic carbocycles. The van der Waals surface area contributed by atoms with Crippen molar-refractivity contribution in [2.45, 2.75) is 18.6 Å². The van der Waals surface area contributed by atoms with E-state index in [1.54, 1.807) is 36.4 Å². The van der Waals surface area contributed by atoms with Crippen molar-refractivity contribution in [2.75, 3.05) is 5.32 Å². The lowest BCUT2D eigenvalue weighted by molar-refractivity contribution is -0.141. The Hall–Kier alpha value is -2.82. The standard InChI is InChI=1S/C14H11F3N4O/c15-14(16,17)9-21-7-6-19-12(21)11(8-18)13(22)20-10-4-2-1-3-5-10/h1-7,11H,9H2,(H,20,22)/t11-/m1/s1. The summed E-state index contributed by atoms with van der Waals surface area (Å²) in [6.07, 6.45) is -2.25. The first-order valence-corrected chi connectivity index (χ1v) is 6.24. The minimum absolute atomic E-state index is 0.242. The monoisotopic (exact) mass is 308 g/mol. The number of para-hydroxylation sites is 1. The molecule has 0 bridgehead atoms. The summed E-state index contributed by atoms with van der Waals surface area (Å²) in [5, 5.41) is 11.6. The van der Waals surface area contributed by atoms with Gasteiger partial charge in [-0.1, -0.05) is 18.2 Å². The highest BCUT2D eigenvalue weighted by Crippen LogP contribution is 2.22. The second kappa shape index (κ2) is 6.30. The van der Waals surface area contributed by atoms with Crippen molar-refractivity contribution in [3.63, 3.8) is 0 Å². The van der Waals surface area contributed by atoms with Crippen LogP contribution < -0.4 is 5.32 Å². The van der Waals surface area contributed by atoms with Crippen LogP contribution >= 0.6 is 0 Å². The van der Waals surface area contributed by atoms with E-state index >= 15 is 0 Å². The molecule has 5 nitrogen and oxygen atoms in total. The molecule has 0 unspecified atom stereocenters. The van der Waals surface area contributed by atoms with Gasteiger partial charge in [0.25, 0.3) is 0 Å². The van der Waals surface area contributed by atoms with Gasteiger partial charge in [0, 0.05) is 18.1 Å². The zero-order valence-electron chi connectivity index (χ0n) is 11.2. The van der Waals surface area contributed by atoms with Crippen LogP contribution in [0.2, 0.25) is 0 Å². The number of nitriles is 1. The van der Waals surface area contributed by atoms with Crippen molar-refractivity contribution in [1.82, 2.24) is 9.55 Å². The van der Waals surface area contributed by atoms with E-state index in [-0.39, 0.29) is 5.82 Å². The summed E-state index contributed by atoms with van der Waals surface area (Å²) in [6.45, 7) is -1.31. The normalized spacial score (nSPS) is 12.5. The number of benzene rings is 1. The molecule has 114 valence electrons. The van der Waals surface area contributed by atoms with Gasteiger partial charge in [0.05, 0.1) is 6.07 Å². The van der Waals surface area contributed by atoms with Crippen molar-refractivity contribution < 1.29 is 18.0 Å². The van der Waals surface area contributed by atoms with E-state index in [2.05, 4.69) is 10.3 Å². The third-order valence-electron chi connectivity index (χ3n) is 2.79. The lowest BCUT2D eigenvalue weighted by Gasteiger charge is -2.14. The molecule has 2 rings (SSSR count). The quantitative estimate of drug-likeness (QED) is 0.944. The minimum atomic E-state index is -4.47. The smallest absolute Gasteiger partial charge is 0.325 e. The number of hydrogen-bond acceptors (Lipinski definition) is 3. The molecule has 0 spiro atoms. The number of nitrogens with zero attached hydrogens (tertiary/aromatic N) is 3. The van der Waals surface area contributed by atoms with E-state index in [1.807, 2.05) is 0 Å². The largest absolute Gasteiger partial charge is 0.406 e. The SMILES string of the molecule is N#C[C@@H](C(=O)Nc1ccccc1)c1nccn1CC(F)(F)F. The lowest BCUT2D eigenvalue weighted by Crippen LogP contribution is -2.26. The Balaban J connectivity index is 2.20. The molecule has 1 heterocycles. The number of aromatic nitrogens is 2. The number of rotatable bonds is 4. The molecule has 0 aliphatic rings. The molecular formula is C14H11F3N4O. The molecule has 0 saturated carbocycles. The topological polar surface area (TPSA) is 70.7 Å². The maximum Gasteiger partial charge on any atom is 0.406 e. The summed E-state index contributed by atoms with van der Waals surface area (Å²) in [5.41, 5.74) is 0.446. The molecule has 0 fully saturated rings. The van der Waals surface area contributed by atoms with Crippen molar-refractivity contribution in [3.8, 4) is 6.07 Å². The third-order valence-corrected chi connectivity index (χ3v) is 2.79. The fourth-order valence-corrected chi connectivity index (χ4v) is 1.88. The van der Waals surface area contributed by atoms with Gasteiger partial charge in [-0.05, 0) is 12.1 Å². The molecule has 2 aromatic rings. The Kier molecular flexibility index (Phi) is 4.46. The maximum absolute atomic E-state index is 12.5. The van der Waals surface area contributed by atoms with Crippen LogP contribution in [0.4, 0.5) is 18.9 Å². The van der Waals surface area contributed by atoms with Crippen LogP contribution in [0.25, 0.3) is 0 Å². The molecule has 0 radical (unpaired) electrons. The summed E-state index contributed by atoms with van der Waals surface area (Å²) in [4.78, 5) is 15.8. The summed E-state index contributed by atoms with van der Waals surface area (Å²) in [5.74, 6) is -2.41. The first-order chi connectivity index (χ1) is 10.4. The average molecular weight is 308 g/mol. The first-order valence-electron chi connectivity index (χ1n) is 6.24. The van der Waals surface area contributed by atoms with Crippen LogP contribution in [0.1, 0.15) is 11.7 Å².